The molecule has 0 bridgehead atoms. The van der Waals surface area contributed by atoms with Crippen LogP contribution in [0.15, 0.2) is 48.5 Å². The van der Waals surface area contributed by atoms with E-state index < -0.39 is 6.03 Å². The molecule has 0 unspecified atom stereocenters. The molecule has 0 atom stereocenters. The fourth-order valence-corrected chi connectivity index (χ4v) is 2.82. The van der Waals surface area contributed by atoms with Crippen LogP contribution in [0.25, 0.3) is 0 Å². The number of morpholine rings is 1. The lowest BCUT2D eigenvalue weighted by Gasteiger charge is -2.30. The normalized spacial score (nSPS) is 13.9. The van der Waals surface area contributed by atoms with Crippen LogP contribution in [0.2, 0.25) is 0 Å². The average Bonchev–Trinajstić information content (AvgIpc) is 2.68. The van der Waals surface area contributed by atoms with E-state index in [2.05, 4.69) is 15.5 Å². The van der Waals surface area contributed by atoms with Crippen molar-refractivity contribution in [2.45, 2.75) is 6.54 Å². The zero-order valence-corrected chi connectivity index (χ0v) is 14.4. The van der Waals surface area contributed by atoms with E-state index in [1.807, 2.05) is 24.3 Å². The van der Waals surface area contributed by atoms with Crippen LogP contribution in [0.3, 0.4) is 0 Å². The van der Waals surface area contributed by atoms with E-state index in [0.717, 1.165) is 30.0 Å². The Labute approximate surface area is 152 Å². The Morgan fingerprint density at radius 1 is 1.04 bits per heavy atom. The summed E-state index contributed by atoms with van der Waals surface area (Å²) in [6.07, 6.45) is 0. The SMILES string of the molecule is NC(=O)NCc1ccc(C(=O)Nc2ccccc2N2CCOCC2)cc1. The summed E-state index contributed by atoms with van der Waals surface area (Å²) >= 11 is 0. The van der Waals surface area contributed by atoms with E-state index in [-0.39, 0.29) is 5.91 Å². The molecule has 26 heavy (non-hydrogen) atoms. The number of nitrogens with one attached hydrogen (secondary N) is 2. The van der Waals surface area contributed by atoms with Crippen molar-refractivity contribution in [2.24, 2.45) is 5.73 Å². The zero-order valence-electron chi connectivity index (χ0n) is 14.4. The summed E-state index contributed by atoms with van der Waals surface area (Å²) in [6.45, 7) is 3.30. The molecule has 0 radical (unpaired) electrons. The van der Waals surface area contributed by atoms with Gasteiger partial charge >= 0.3 is 6.03 Å². The van der Waals surface area contributed by atoms with Crippen molar-refractivity contribution in [3.8, 4) is 0 Å². The number of carbonyl (C=O) groups is 2. The molecule has 0 saturated carbocycles. The maximum atomic E-state index is 12.6. The summed E-state index contributed by atoms with van der Waals surface area (Å²) in [6, 6.07) is 14.2. The molecule has 7 nitrogen and oxygen atoms in total. The molecule has 1 fully saturated rings. The molecule has 0 aromatic heterocycles. The predicted octanol–water partition coefficient (Wildman–Crippen LogP) is 1.94. The van der Waals surface area contributed by atoms with Crippen molar-refractivity contribution in [1.82, 2.24) is 5.32 Å². The van der Waals surface area contributed by atoms with Gasteiger partial charge in [-0.3, -0.25) is 4.79 Å². The third-order valence-electron chi connectivity index (χ3n) is 4.19. The fourth-order valence-electron chi connectivity index (χ4n) is 2.82. The van der Waals surface area contributed by atoms with Crippen LogP contribution in [0.4, 0.5) is 16.2 Å². The molecule has 3 rings (SSSR count). The summed E-state index contributed by atoms with van der Waals surface area (Å²) in [5.41, 5.74) is 8.24. The zero-order chi connectivity index (χ0) is 18.4. The van der Waals surface area contributed by atoms with Gasteiger partial charge in [-0.25, -0.2) is 4.79 Å². The minimum atomic E-state index is -0.577. The molecule has 1 aliphatic rings. The monoisotopic (exact) mass is 354 g/mol. The lowest BCUT2D eigenvalue weighted by Crippen LogP contribution is -2.36. The molecule has 0 aliphatic carbocycles. The van der Waals surface area contributed by atoms with Gasteiger partial charge in [0.15, 0.2) is 0 Å². The van der Waals surface area contributed by atoms with Crippen LogP contribution in [0.1, 0.15) is 15.9 Å². The summed E-state index contributed by atoms with van der Waals surface area (Å²) < 4.78 is 5.39. The number of hydrogen-bond acceptors (Lipinski definition) is 4. The van der Waals surface area contributed by atoms with Crippen molar-refractivity contribution in [3.63, 3.8) is 0 Å². The Balaban J connectivity index is 1.69. The van der Waals surface area contributed by atoms with E-state index >= 15 is 0 Å². The predicted molar refractivity (Wildman–Crippen MR) is 100 cm³/mol. The summed E-state index contributed by atoms with van der Waals surface area (Å²) in [7, 11) is 0. The number of ether oxygens (including phenoxy) is 1. The number of nitrogens with two attached hydrogens (primary N) is 1. The van der Waals surface area contributed by atoms with Crippen molar-refractivity contribution in [2.75, 3.05) is 36.5 Å². The van der Waals surface area contributed by atoms with Gasteiger partial charge in [-0.1, -0.05) is 24.3 Å². The van der Waals surface area contributed by atoms with Crippen LogP contribution >= 0.6 is 0 Å². The van der Waals surface area contributed by atoms with E-state index in [1.165, 1.54) is 0 Å². The minimum absolute atomic E-state index is 0.180. The van der Waals surface area contributed by atoms with Crippen molar-refractivity contribution >= 4 is 23.3 Å². The number of anilines is 2. The summed E-state index contributed by atoms with van der Waals surface area (Å²) in [5, 5.41) is 5.50. The van der Waals surface area contributed by atoms with Gasteiger partial charge < -0.3 is 26.0 Å². The largest absolute Gasteiger partial charge is 0.378 e. The topological polar surface area (TPSA) is 96.7 Å². The van der Waals surface area contributed by atoms with Crippen LogP contribution < -0.4 is 21.3 Å². The molecule has 4 N–H and O–H groups in total. The third-order valence-corrected chi connectivity index (χ3v) is 4.19. The second-order valence-corrected chi connectivity index (χ2v) is 5.99. The lowest BCUT2D eigenvalue weighted by molar-refractivity contribution is 0.102. The van der Waals surface area contributed by atoms with E-state index in [0.29, 0.717) is 25.3 Å². The van der Waals surface area contributed by atoms with Crippen LogP contribution in [-0.2, 0) is 11.3 Å². The second-order valence-electron chi connectivity index (χ2n) is 5.99. The highest BCUT2D eigenvalue weighted by Crippen LogP contribution is 2.26. The van der Waals surface area contributed by atoms with Gasteiger partial charge in [-0.05, 0) is 29.8 Å². The smallest absolute Gasteiger partial charge is 0.312 e. The minimum Gasteiger partial charge on any atom is -0.378 e. The number of urea groups is 1. The summed E-state index contributed by atoms with van der Waals surface area (Å²) in [5.74, 6) is -0.180. The lowest BCUT2D eigenvalue weighted by atomic mass is 10.1. The van der Waals surface area contributed by atoms with Crippen LogP contribution in [0, 0.1) is 0 Å². The number of primary amides is 1. The van der Waals surface area contributed by atoms with Crippen molar-refractivity contribution < 1.29 is 14.3 Å². The Hall–Kier alpha value is -3.06. The second kappa shape index (κ2) is 8.35. The Morgan fingerprint density at radius 3 is 2.42 bits per heavy atom. The molecular weight excluding hydrogens is 332 g/mol. The summed E-state index contributed by atoms with van der Waals surface area (Å²) in [4.78, 5) is 25.5. The van der Waals surface area contributed by atoms with Gasteiger partial charge in [0.05, 0.1) is 24.6 Å². The fraction of sp³-hybridized carbons (Fsp3) is 0.263. The molecule has 3 amide bonds. The number of hydrogen-bond donors (Lipinski definition) is 3. The highest BCUT2D eigenvalue weighted by molar-refractivity contribution is 6.06. The van der Waals surface area contributed by atoms with Gasteiger partial charge in [-0.15, -0.1) is 0 Å². The first-order chi connectivity index (χ1) is 12.6. The highest BCUT2D eigenvalue weighted by atomic mass is 16.5. The molecule has 1 aliphatic heterocycles. The number of rotatable bonds is 5. The molecule has 2 aromatic carbocycles. The third kappa shape index (κ3) is 4.52. The quantitative estimate of drug-likeness (QED) is 0.764. The van der Waals surface area contributed by atoms with E-state index in [1.54, 1.807) is 24.3 Å². The number of benzene rings is 2. The maximum absolute atomic E-state index is 12.6. The molecule has 2 aromatic rings. The molecule has 1 heterocycles. The Morgan fingerprint density at radius 2 is 1.73 bits per heavy atom. The van der Waals surface area contributed by atoms with E-state index in [4.69, 9.17) is 10.5 Å². The maximum Gasteiger partial charge on any atom is 0.312 e. The molecule has 1 saturated heterocycles. The first-order valence-electron chi connectivity index (χ1n) is 8.49. The van der Waals surface area contributed by atoms with Crippen LogP contribution in [0.5, 0.6) is 0 Å². The van der Waals surface area contributed by atoms with Gasteiger partial charge in [0.1, 0.15) is 0 Å². The standard InChI is InChI=1S/C19H22N4O3/c20-19(25)21-13-14-5-7-15(8-6-14)18(24)22-16-3-1-2-4-17(16)23-9-11-26-12-10-23/h1-8H,9-13H2,(H,22,24)(H3,20,21,25). The Kier molecular flexibility index (Phi) is 5.70. The number of para-hydroxylation sites is 2. The first kappa shape index (κ1) is 17.8. The number of carbonyl (C=O) groups excluding carboxylic acids is 2. The van der Waals surface area contributed by atoms with Gasteiger partial charge in [-0.2, -0.15) is 0 Å². The highest BCUT2D eigenvalue weighted by Gasteiger charge is 2.16. The number of nitrogens with zero attached hydrogens (tertiary/aromatic N) is 1. The van der Waals surface area contributed by atoms with Crippen molar-refractivity contribution in [1.29, 1.82) is 0 Å². The average molecular weight is 354 g/mol. The Bertz CT molecular complexity index is 771. The van der Waals surface area contributed by atoms with Crippen molar-refractivity contribution in [3.05, 3.63) is 59.7 Å². The number of amides is 3. The molecule has 0 spiro atoms. The molecule has 136 valence electrons. The van der Waals surface area contributed by atoms with Gasteiger partial charge in [0, 0.05) is 25.2 Å². The van der Waals surface area contributed by atoms with Gasteiger partial charge in [0.2, 0.25) is 0 Å². The van der Waals surface area contributed by atoms with E-state index in [9.17, 15) is 9.59 Å². The first-order valence-corrected chi connectivity index (χ1v) is 8.49. The molecular formula is C19H22N4O3. The van der Waals surface area contributed by atoms with Crippen LogP contribution in [-0.4, -0.2) is 38.2 Å². The molecule has 7 heteroatoms. The van der Waals surface area contributed by atoms with Gasteiger partial charge in [0.25, 0.3) is 5.91 Å².